The minimum atomic E-state index is -0.455. The summed E-state index contributed by atoms with van der Waals surface area (Å²) in [7, 11) is 1.99. The molecule has 0 aliphatic heterocycles. The third-order valence-corrected chi connectivity index (χ3v) is 2.36. The van der Waals surface area contributed by atoms with Crippen molar-refractivity contribution in [1.29, 1.82) is 0 Å². The first-order valence-electron chi connectivity index (χ1n) is 5.81. The van der Waals surface area contributed by atoms with Crippen molar-refractivity contribution in [2.75, 3.05) is 26.8 Å². The van der Waals surface area contributed by atoms with Crippen LogP contribution in [0.4, 0.5) is 0 Å². The van der Waals surface area contributed by atoms with Gasteiger partial charge in [-0.2, -0.15) is 0 Å². The van der Waals surface area contributed by atoms with Crippen LogP contribution in [0, 0.1) is 0 Å². The number of aliphatic hydroxyl groups excluding tert-OH is 1. The number of aliphatic hydroxyl groups is 1. The third kappa shape index (κ3) is 6.22. The van der Waals surface area contributed by atoms with E-state index in [-0.39, 0.29) is 0 Å². The van der Waals surface area contributed by atoms with Crippen molar-refractivity contribution in [2.45, 2.75) is 12.6 Å². The average Bonchev–Trinajstić information content (AvgIpc) is 2.30. The molecule has 1 atom stereocenters. The van der Waals surface area contributed by atoms with Crippen molar-refractivity contribution in [3.63, 3.8) is 0 Å². The van der Waals surface area contributed by atoms with Crippen LogP contribution in [0.2, 0.25) is 0 Å². The largest absolute Gasteiger partial charge is 0.389 e. The molecule has 0 fully saturated rings. The highest BCUT2D eigenvalue weighted by Crippen LogP contribution is 2.03. The Morgan fingerprint density at radius 1 is 1.41 bits per heavy atom. The molecule has 1 unspecified atom stereocenters. The van der Waals surface area contributed by atoms with Gasteiger partial charge in [0, 0.05) is 13.1 Å². The molecule has 0 bridgehead atoms. The molecule has 1 aromatic rings. The van der Waals surface area contributed by atoms with Crippen LogP contribution in [0.25, 0.3) is 0 Å². The van der Waals surface area contributed by atoms with Gasteiger partial charge in [0.05, 0.1) is 19.3 Å². The van der Waals surface area contributed by atoms with Gasteiger partial charge >= 0.3 is 0 Å². The molecule has 0 saturated heterocycles. The summed E-state index contributed by atoms with van der Waals surface area (Å²) < 4.78 is 5.20. The molecule has 3 heteroatoms. The smallest absolute Gasteiger partial charge is 0.0900 e. The zero-order chi connectivity index (χ0) is 12.5. The lowest BCUT2D eigenvalue weighted by molar-refractivity contribution is 0.0298. The SMILES string of the molecule is C=CCOCC(O)CN(C)Cc1ccccc1. The molecule has 94 valence electrons. The molecule has 0 aromatic heterocycles. The Labute approximate surface area is 103 Å². The summed E-state index contributed by atoms with van der Waals surface area (Å²) in [6, 6.07) is 10.2. The first kappa shape index (κ1) is 13.9. The standard InChI is InChI=1S/C14H21NO2/c1-3-9-17-12-14(16)11-15(2)10-13-7-5-4-6-8-13/h3-8,14,16H,1,9-12H2,2H3. The molecule has 1 rings (SSSR count). The van der Waals surface area contributed by atoms with E-state index < -0.39 is 6.10 Å². The Balaban J connectivity index is 2.24. The van der Waals surface area contributed by atoms with Gasteiger partial charge < -0.3 is 9.84 Å². The van der Waals surface area contributed by atoms with E-state index in [9.17, 15) is 5.11 Å². The van der Waals surface area contributed by atoms with Crippen LogP contribution in [-0.2, 0) is 11.3 Å². The topological polar surface area (TPSA) is 32.7 Å². The summed E-state index contributed by atoms with van der Waals surface area (Å²) in [4.78, 5) is 2.08. The van der Waals surface area contributed by atoms with Crippen LogP contribution in [-0.4, -0.2) is 42.9 Å². The maximum atomic E-state index is 9.72. The molecule has 0 radical (unpaired) electrons. The number of ether oxygens (including phenoxy) is 1. The van der Waals surface area contributed by atoms with E-state index >= 15 is 0 Å². The van der Waals surface area contributed by atoms with Crippen LogP contribution < -0.4 is 0 Å². The fourth-order valence-electron chi connectivity index (χ4n) is 1.66. The first-order chi connectivity index (χ1) is 8.22. The molecule has 17 heavy (non-hydrogen) atoms. The summed E-state index contributed by atoms with van der Waals surface area (Å²) >= 11 is 0. The second kappa shape index (κ2) is 8.01. The number of nitrogens with zero attached hydrogens (tertiary/aromatic N) is 1. The molecule has 0 saturated carbocycles. The van der Waals surface area contributed by atoms with E-state index in [2.05, 4.69) is 23.6 Å². The maximum absolute atomic E-state index is 9.72. The van der Waals surface area contributed by atoms with Gasteiger partial charge in [-0.25, -0.2) is 0 Å². The van der Waals surface area contributed by atoms with Crippen molar-refractivity contribution in [2.24, 2.45) is 0 Å². The van der Waals surface area contributed by atoms with Gasteiger partial charge in [-0.15, -0.1) is 6.58 Å². The predicted octanol–water partition coefficient (Wildman–Crippen LogP) is 1.68. The number of hydrogen-bond acceptors (Lipinski definition) is 3. The summed E-state index contributed by atoms with van der Waals surface area (Å²) in [5.74, 6) is 0. The fourth-order valence-corrected chi connectivity index (χ4v) is 1.66. The van der Waals surface area contributed by atoms with Crippen LogP contribution >= 0.6 is 0 Å². The van der Waals surface area contributed by atoms with Gasteiger partial charge in [-0.05, 0) is 12.6 Å². The van der Waals surface area contributed by atoms with Gasteiger partial charge in [0.2, 0.25) is 0 Å². The van der Waals surface area contributed by atoms with Crippen LogP contribution in [0.1, 0.15) is 5.56 Å². The minimum Gasteiger partial charge on any atom is -0.389 e. The predicted molar refractivity (Wildman–Crippen MR) is 69.8 cm³/mol. The Hall–Kier alpha value is -1.16. The highest BCUT2D eigenvalue weighted by atomic mass is 16.5. The molecule has 0 amide bonds. The highest BCUT2D eigenvalue weighted by molar-refractivity contribution is 5.14. The van der Waals surface area contributed by atoms with Crippen LogP contribution in [0.3, 0.4) is 0 Å². The molecular weight excluding hydrogens is 214 g/mol. The third-order valence-electron chi connectivity index (χ3n) is 2.36. The summed E-state index contributed by atoms with van der Waals surface area (Å²) in [5, 5.41) is 9.72. The maximum Gasteiger partial charge on any atom is 0.0900 e. The lowest BCUT2D eigenvalue weighted by Gasteiger charge is -2.20. The molecule has 1 N–H and O–H groups in total. The van der Waals surface area contributed by atoms with Crippen LogP contribution in [0.5, 0.6) is 0 Å². The quantitative estimate of drug-likeness (QED) is 0.549. The molecule has 0 spiro atoms. The number of likely N-dealkylation sites (N-methyl/N-ethyl adjacent to an activating group) is 1. The van der Waals surface area contributed by atoms with Crippen molar-refractivity contribution < 1.29 is 9.84 Å². The van der Waals surface area contributed by atoms with E-state index in [4.69, 9.17) is 4.74 Å². The van der Waals surface area contributed by atoms with Gasteiger partial charge in [-0.1, -0.05) is 36.4 Å². The van der Waals surface area contributed by atoms with Crippen molar-refractivity contribution in [1.82, 2.24) is 4.90 Å². The number of rotatable bonds is 8. The van der Waals surface area contributed by atoms with E-state index in [1.54, 1.807) is 6.08 Å². The second-order valence-electron chi connectivity index (χ2n) is 4.16. The summed E-state index contributed by atoms with van der Waals surface area (Å²) in [6.45, 7) is 5.83. The Morgan fingerprint density at radius 3 is 2.76 bits per heavy atom. The molecule has 0 heterocycles. The summed E-state index contributed by atoms with van der Waals surface area (Å²) in [6.07, 6.45) is 1.23. The van der Waals surface area contributed by atoms with Gasteiger partial charge in [0.15, 0.2) is 0 Å². The molecular formula is C14H21NO2. The van der Waals surface area contributed by atoms with E-state index in [0.717, 1.165) is 6.54 Å². The minimum absolute atomic E-state index is 0.352. The highest BCUT2D eigenvalue weighted by Gasteiger charge is 2.08. The Bertz CT molecular complexity index is 313. The Kier molecular flexibility index (Phi) is 6.55. The average molecular weight is 235 g/mol. The number of benzene rings is 1. The normalized spacial score (nSPS) is 12.6. The second-order valence-corrected chi connectivity index (χ2v) is 4.16. The molecule has 0 aliphatic carbocycles. The lowest BCUT2D eigenvalue weighted by atomic mass is 10.2. The monoisotopic (exact) mass is 235 g/mol. The van der Waals surface area contributed by atoms with E-state index in [1.807, 2.05) is 25.2 Å². The summed E-state index contributed by atoms with van der Waals surface area (Å²) in [5.41, 5.74) is 1.24. The molecule has 1 aromatic carbocycles. The fraction of sp³-hybridized carbons (Fsp3) is 0.429. The van der Waals surface area contributed by atoms with Gasteiger partial charge in [0.25, 0.3) is 0 Å². The van der Waals surface area contributed by atoms with Crippen molar-refractivity contribution in [3.05, 3.63) is 48.6 Å². The van der Waals surface area contributed by atoms with E-state index in [1.165, 1.54) is 5.56 Å². The molecule has 3 nitrogen and oxygen atoms in total. The van der Waals surface area contributed by atoms with Crippen LogP contribution in [0.15, 0.2) is 43.0 Å². The van der Waals surface area contributed by atoms with Gasteiger partial charge in [0.1, 0.15) is 0 Å². The van der Waals surface area contributed by atoms with Gasteiger partial charge in [-0.3, -0.25) is 4.90 Å². The van der Waals surface area contributed by atoms with Crippen molar-refractivity contribution >= 4 is 0 Å². The Morgan fingerprint density at radius 2 is 2.12 bits per heavy atom. The van der Waals surface area contributed by atoms with Crippen molar-refractivity contribution in [3.8, 4) is 0 Å². The van der Waals surface area contributed by atoms with E-state index in [0.29, 0.717) is 19.8 Å². The zero-order valence-corrected chi connectivity index (χ0v) is 10.4. The lowest BCUT2D eigenvalue weighted by Crippen LogP contribution is -2.31. The first-order valence-corrected chi connectivity index (χ1v) is 5.81. The number of hydrogen-bond donors (Lipinski definition) is 1. The molecule has 0 aliphatic rings. The zero-order valence-electron chi connectivity index (χ0n) is 10.4.